The van der Waals surface area contributed by atoms with Gasteiger partial charge in [-0.25, -0.2) is 8.42 Å². The predicted octanol–water partition coefficient (Wildman–Crippen LogP) is 4.95. The summed E-state index contributed by atoms with van der Waals surface area (Å²) in [6, 6.07) is 24.4. The van der Waals surface area contributed by atoms with Crippen LogP contribution >= 0.6 is 0 Å². The van der Waals surface area contributed by atoms with Crippen molar-refractivity contribution in [2.75, 3.05) is 27.3 Å². The molecule has 0 saturated carbocycles. The number of anilines is 4. The van der Waals surface area contributed by atoms with E-state index in [9.17, 15) is 13.2 Å². The Morgan fingerprint density at radius 3 is 2.00 bits per heavy atom. The molecular formula is C25H29N3O3S. The van der Waals surface area contributed by atoms with E-state index in [2.05, 4.69) is 5.32 Å². The van der Waals surface area contributed by atoms with Crippen molar-refractivity contribution in [3.05, 3.63) is 84.4 Å². The lowest BCUT2D eigenvalue weighted by Gasteiger charge is -2.31. The maximum absolute atomic E-state index is 13.3. The SMILES string of the molecule is Cc1ccccc1N(CC(=O)N(c1ccc(Nc2ccccc2)cc1)C(C)C)S(C)(=O)=O. The molecule has 1 amide bonds. The second-order valence-corrected chi connectivity index (χ2v) is 9.86. The molecule has 0 aromatic heterocycles. The predicted molar refractivity (Wildman–Crippen MR) is 132 cm³/mol. The van der Waals surface area contributed by atoms with E-state index in [-0.39, 0.29) is 18.5 Å². The van der Waals surface area contributed by atoms with Gasteiger partial charge in [0.05, 0.1) is 11.9 Å². The summed E-state index contributed by atoms with van der Waals surface area (Å²) in [5.41, 5.74) is 3.88. The third kappa shape index (κ3) is 5.68. The molecule has 1 N–H and O–H groups in total. The number of sulfonamides is 1. The normalized spacial score (nSPS) is 11.3. The molecule has 0 heterocycles. The molecule has 0 saturated heterocycles. The van der Waals surface area contributed by atoms with E-state index in [1.54, 1.807) is 17.0 Å². The van der Waals surface area contributed by atoms with Crippen LogP contribution in [0.3, 0.4) is 0 Å². The number of amides is 1. The highest BCUT2D eigenvalue weighted by Crippen LogP contribution is 2.25. The zero-order chi connectivity index (χ0) is 23.3. The van der Waals surface area contributed by atoms with E-state index in [1.807, 2.05) is 87.5 Å². The molecule has 3 aromatic rings. The Kier molecular flexibility index (Phi) is 7.20. The summed E-state index contributed by atoms with van der Waals surface area (Å²) in [5.74, 6) is -0.294. The zero-order valence-corrected chi connectivity index (χ0v) is 19.6. The van der Waals surface area contributed by atoms with Gasteiger partial charge in [0.15, 0.2) is 0 Å². The van der Waals surface area contributed by atoms with E-state index in [0.29, 0.717) is 11.4 Å². The molecule has 0 bridgehead atoms. The van der Waals surface area contributed by atoms with Gasteiger partial charge >= 0.3 is 0 Å². The van der Waals surface area contributed by atoms with Crippen molar-refractivity contribution in [1.29, 1.82) is 0 Å². The fourth-order valence-electron chi connectivity index (χ4n) is 3.55. The molecule has 0 unspecified atom stereocenters. The fourth-order valence-corrected chi connectivity index (χ4v) is 4.45. The molecule has 0 spiro atoms. The van der Waals surface area contributed by atoms with Gasteiger partial charge in [-0.2, -0.15) is 0 Å². The number of hydrogen-bond donors (Lipinski definition) is 1. The molecule has 3 rings (SSSR count). The van der Waals surface area contributed by atoms with Gasteiger partial charge in [0.1, 0.15) is 6.54 Å². The standard InChI is InChI=1S/C25H29N3O3S/c1-19(2)28(23-16-14-22(15-17-23)26-21-11-6-5-7-12-21)25(29)18-27(32(4,30)31)24-13-9-8-10-20(24)3/h5-17,19,26H,18H2,1-4H3. The van der Waals surface area contributed by atoms with Gasteiger partial charge in [-0.1, -0.05) is 36.4 Å². The van der Waals surface area contributed by atoms with Crippen LogP contribution in [0.1, 0.15) is 19.4 Å². The van der Waals surface area contributed by atoms with E-state index in [0.717, 1.165) is 23.2 Å². The van der Waals surface area contributed by atoms with Crippen LogP contribution in [0.15, 0.2) is 78.9 Å². The molecular weight excluding hydrogens is 422 g/mol. The van der Waals surface area contributed by atoms with Crippen LogP contribution < -0.4 is 14.5 Å². The van der Waals surface area contributed by atoms with Gasteiger partial charge in [-0.05, 0) is 68.8 Å². The minimum absolute atomic E-state index is 0.145. The molecule has 0 fully saturated rings. The smallest absolute Gasteiger partial charge is 0.247 e. The highest BCUT2D eigenvalue weighted by atomic mass is 32.2. The molecule has 0 aliphatic rings. The van der Waals surface area contributed by atoms with E-state index in [1.165, 1.54) is 4.31 Å². The first kappa shape index (κ1) is 23.3. The number of carbonyl (C=O) groups is 1. The Balaban J connectivity index is 1.84. The summed E-state index contributed by atoms with van der Waals surface area (Å²) in [5, 5.41) is 3.32. The Morgan fingerprint density at radius 2 is 1.44 bits per heavy atom. The second-order valence-electron chi connectivity index (χ2n) is 7.95. The first-order valence-electron chi connectivity index (χ1n) is 10.4. The minimum Gasteiger partial charge on any atom is -0.356 e. The monoisotopic (exact) mass is 451 g/mol. The van der Waals surface area contributed by atoms with Gasteiger partial charge in [-0.3, -0.25) is 9.10 Å². The molecule has 0 atom stereocenters. The van der Waals surface area contributed by atoms with E-state index >= 15 is 0 Å². The van der Waals surface area contributed by atoms with Crippen LogP contribution in [0, 0.1) is 6.92 Å². The number of carbonyl (C=O) groups excluding carboxylic acids is 1. The number of rotatable bonds is 8. The Labute approximate surface area is 190 Å². The van der Waals surface area contributed by atoms with Crippen LogP contribution in [-0.4, -0.2) is 33.2 Å². The van der Waals surface area contributed by atoms with E-state index in [4.69, 9.17) is 0 Å². The Bertz CT molecular complexity index is 1160. The molecule has 0 aliphatic heterocycles. The first-order chi connectivity index (χ1) is 15.2. The van der Waals surface area contributed by atoms with Gasteiger partial charge in [0.25, 0.3) is 0 Å². The second kappa shape index (κ2) is 9.87. The lowest BCUT2D eigenvalue weighted by molar-refractivity contribution is -0.117. The zero-order valence-electron chi connectivity index (χ0n) is 18.8. The molecule has 0 radical (unpaired) electrons. The van der Waals surface area contributed by atoms with Gasteiger partial charge in [0.2, 0.25) is 15.9 Å². The molecule has 6 nitrogen and oxygen atoms in total. The Morgan fingerprint density at radius 1 is 0.875 bits per heavy atom. The van der Waals surface area contributed by atoms with Crippen LogP contribution in [-0.2, 0) is 14.8 Å². The number of nitrogens with one attached hydrogen (secondary N) is 1. The fraction of sp³-hybridized carbons (Fsp3) is 0.240. The van der Waals surface area contributed by atoms with Crippen molar-refractivity contribution in [2.45, 2.75) is 26.8 Å². The summed E-state index contributed by atoms with van der Waals surface area (Å²) < 4.78 is 26.2. The van der Waals surface area contributed by atoms with Crippen molar-refractivity contribution in [1.82, 2.24) is 0 Å². The Hall–Kier alpha value is -3.32. The van der Waals surface area contributed by atoms with Crippen LogP contribution in [0.2, 0.25) is 0 Å². The highest BCUT2D eigenvalue weighted by Gasteiger charge is 2.27. The van der Waals surface area contributed by atoms with Crippen LogP contribution in [0.25, 0.3) is 0 Å². The number of benzene rings is 3. The van der Waals surface area contributed by atoms with Gasteiger partial charge in [-0.15, -0.1) is 0 Å². The van der Waals surface area contributed by atoms with Crippen molar-refractivity contribution in [3.8, 4) is 0 Å². The summed E-state index contributed by atoms with van der Waals surface area (Å²) in [7, 11) is -3.64. The first-order valence-corrected chi connectivity index (χ1v) is 12.3. The van der Waals surface area contributed by atoms with Crippen molar-refractivity contribution in [2.24, 2.45) is 0 Å². The van der Waals surface area contributed by atoms with Crippen molar-refractivity contribution in [3.63, 3.8) is 0 Å². The van der Waals surface area contributed by atoms with Crippen molar-refractivity contribution >= 4 is 38.7 Å². The topological polar surface area (TPSA) is 69.7 Å². The third-order valence-electron chi connectivity index (χ3n) is 5.06. The number of nitrogens with zero attached hydrogens (tertiary/aromatic N) is 2. The lowest BCUT2D eigenvalue weighted by atomic mass is 10.2. The number of aryl methyl sites for hydroxylation is 1. The molecule has 7 heteroatoms. The molecule has 168 valence electrons. The molecule has 32 heavy (non-hydrogen) atoms. The summed E-state index contributed by atoms with van der Waals surface area (Å²) in [6.07, 6.45) is 1.12. The maximum Gasteiger partial charge on any atom is 0.247 e. The largest absolute Gasteiger partial charge is 0.356 e. The average Bonchev–Trinajstić information content (AvgIpc) is 2.74. The number of hydrogen-bond acceptors (Lipinski definition) is 4. The molecule has 3 aromatic carbocycles. The van der Waals surface area contributed by atoms with Gasteiger partial charge in [0, 0.05) is 23.1 Å². The minimum atomic E-state index is -3.64. The quantitative estimate of drug-likeness (QED) is 0.526. The summed E-state index contributed by atoms with van der Waals surface area (Å²) in [6.45, 7) is 5.38. The van der Waals surface area contributed by atoms with Crippen LogP contribution in [0.4, 0.5) is 22.7 Å². The third-order valence-corrected chi connectivity index (χ3v) is 6.18. The highest BCUT2D eigenvalue weighted by molar-refractivity contribution is 7.92. The van der Waals surface area contributed by atoms with E-state index < -0.39 is 10.0 Å². The maximum atomic E-state index is 13.3. The summed E-state index contributed by atoms with van der Waals surface area (Å²) >= 11 is 0. The number of para-hydroxylation sites is 2. The van der Waals surface area contributed by atoms with Crippen LogP contribution in [0.5, 0.6) is 0 Å². The molecule has 0 aliphatic carbocycles. The van der Waals surface area contributed by atoms with Crippen molar-refractivity contribution < 1.29 is 13.2 Å². The average molecular weight is 452 g/mol. The summed E-state index contributed by atoms with van der Waals surface area (Å²) in [4.78, 5) is 14.9. The lowest BCUT2D eigenvalue weighted by Crippen LogP contribution is -2.45. The van der Waals surface area contributed by atoms with Gasteiger partial charge < -0.3 is 10.2 Å².